The second-order valence-corrected chi connectivity index (χ2v) is 4.60. The van der Waals surface area contributed by atoms with Gasteiger partial charge in [0.2, 0.25) is 0 Å². The summed E-state index contributed by atoms with van der Waals surface area (Å²) in [6.07, 6.45) is 4.79. The lowest BCUT2D eigenvalue weighted by molar-refractivity contribution is 0.563. The topological polar surface area (TPSA) is 74.6 Å². The molecule has 0 unspecified atom stereocenters. The molecule has 0 saturated carbocycles. The minimum Gasteiger partial charge on any atom is -0.330 e. The van der Waals surface area contributed by atoms with E-state index in [9.17, 15) is 0 Å². The lowest BCUT2D eigenvalue weighted by Crippen LogP contribution is -2.08. The molecule has 6 heteroatoms. The highest BCUT2D eigenvalue weighted by Crippen LogP contribution is 2.08. The Balaban J connectivity index is 2.07. The molecule has 6 nitrogen and oxygen atoms in total. The first-order valence-electron chi connectivity index (χ1n) is 6.91. The van der Waals surface area contributed by atoms with E-state index < -0.39 is 0 Å². The van der Waals surface area contributed by atoms with Crippen LogP contribution in [0.3, 0.4) is 0 Å². The van der Waals surface area contributed by atoms with Crippen LogP contribution in [0.5, 0.6) is 0 Å². The minimum atomic E-state index is 0.690. The fourth-order valence-electron chi connectivity index (χ4n) is 2.07. The van der Waals surface area contributed by atoms with Gasteiger partial charge in [0.15, 0.2) is 0 Å². The molecule has 2 heterocycles. The van der Waals surface area contributed by atoms with Crippen molar-refractivity contribution in [2.24, 2.45) is 5.73 Å². The maximum atomic E-state index is 5.50. The number of nitrogens with zero attached hydrogens (tertiary/aromatic N) is 5. The Morgan fingerprint density at radius 2 is 2.11 bits per heavy atom. The Morgan fingerprint density at radius 3 is 2.79 bits per heavy atom. The molecule has 0 saturated heterocycles. The van der Waals surface area contributed by atoms with Crippen molar-refractivity contribution < 1.29 is 0 Å². The van der Waals surface area contributed by atoms with E-state index in [2.05, 4.69) is 35.3 Å². The number of aryl methyl sites for hydroxylation is 3. The second-order valence-electron chi connectivity index (χ2n) is 4.60. The third-order valence-electron chi connectivity index (χ3n) is 3.12. The van der Waals surface area contributed by atoms with Gasteiger partial charge < -0.3 is 5.73 Å². The average Bonchev–Trinajstić information content (AvgIpc) is 3.03. The fraction of sp³-hybridized carbons (Fsp3) is 0.615. The molecule has 2 aromatic heterocycles. The van der Waals surface area contributed by atoms with Crippen molar-refractivity contribution in [3.8, 4) is 0 Å². The predicted octanol–water partition coefficient (Wildman–Crippen LogP) is 0.996. The quantitative estimate of drug-likeness (QED) is 0.807. The van der Waals surface area contributed by atoms with Gasteiger partial charge in [0.1, 0.15) is 0 Å². The van der Waals surface area contributed by atoms with Gasteiger partial charge in [-0.1, -0.05) is 12.1 Å². The van der Waals surface area contributed by atoms with Gasteiger partial charge >= 0.3 is 0 Å². The van der Waals surface area contributed by atoms with Crippen molar-refractivity contribution in [1.82, 2.24) is 24.8 Å². The van der Waals surface area contributed by atoms with E-state index in [0.29, 0.717) is 6.54 Å². The second kappa shape index (κ2) is 6.47. The van der Waals surface area contributed by atoms with Crippen molar-refractivity contribution in [2.75, 3.05) is 6.54 Å². The Morgan fingerprint density at radius 1 is 1.26 bits per heavy atom. The summed E-state index contributed by atoms with van der Waals surface area (Å²) in [4.78, 5) is 0. The largest absolute Gasteiger partial charge is 0.330 e. The minimum absolute atomic E-state index is 0.690. The summed E-state index contributed by atoms with van der Waals surface area (Å²) in [6, 6.07) is 2.14. The summed E-state index contributed by atoms with van der Waals surface area (Å²) in [7, 11) is 0. The number of hydrogen-bond donors (Lipinski definition) is 1. The molecular weight excluding hydrogens is 240 g/mol. The summed E-state index contributed by atoms with van der Waals surface area (Å²) in [5.41, 5.74) is 8.80. The third kappa shape index (κ3) is 3.41. The molecule has 0 aliphatic rings. The van der Waals surface area contributed by atoms with E-state index in [0.717, 1.165) is 43.7 Å². The standard InChI is InChI=1S/C13H22N6/c1-3-11-8-13(19(4-2)16-11)10-18-9-12(15-17-18)6-5-7-14/h8-9H,3-7,10,14H2,1-2H3. The van der Waals surface area contributed by atoms with Crippen molar-refractivity contribution in [1.29, 1.82) is 0 Å². The van der Waals surface area contributed by atoms with Crippen LogP contribution in [0.1, 0.15) is 37.4 Å². The van der Waals surface area contributed by atoms with Crippen molar-refractivity contribution in [3.05, 3.63) is 29.3 Å². The van der Waals surface area contributed by atoms with E-state index in [-0.39, 0.29) is 0 Å². The zero-order valence-corrected chi connectivity index (χ0v) is 11.7. The molecule has 0 amide bonds. The average molecular weight is 262 g/mol. The Bertz CT molecular complexity index is 513. The van der Waals surface area contributed by atoms with Gasteiger partial charge in [0.05, 0.1) is 23.6 Å². The third-order valence-corrected chi connectivity index (χ3v) is 3.12. The van der Waals surface area contributed by atoms with Crippen LogP contribution < -0.4 is 5.73 Å². The predicted molar refractivity (Wildman–Crippen MR) is 73.8 cm³/mol. The first kappa shape index (κ1) is 13.7. The van der Waals surface area contributed by atoms with Crippen LogP contribution in [0.15, 0.2) is 12.3 Å². The zero-order chi connectivity index (χ0) is 13.7. The highest BCUT2D eigenvalue weighted by atomic mass is 15.4. The molecule has 2 aromatic rings. The maximum Gasteiger partial charge on any atom is 0.0846 e. The molecular formula is C13H22N6. The number of hydrogen-bond acceptors (Lipinski definition) is 4. The molecule has 2 rings (SSSR count). The fourth-order valence-corrected chi connectivity index (χ4v) is 2.07. The number of aromatic nitrogens is 5. The monoisotopic (exact) mass is 262 g/mol. The van der Waals surface area contributed by atoms with E-state index in [1.807, 2.05) is 15.6 Å². The van der Waals surface area contributed by atoms with Crippen LogP contribution in [0.2, 0.25) is 0 Å². The van der Waals surface area contributed by atoms with E-state index in [1.165, 1.54) is 5.69 Å². The number of rotatable bonds is 7. The van der Waals surface area contributed by atoms with Crippen LogP contribution >= 0.6 is 0 Å². The maximum absolute atomic E-state index is 5.50. The summed E-state index contributed by atoms with van der Waals surface area (Å²) < 4.78 is 3.90. The van der Waals surface area contributed by atoms with Crippen LogP contribution in [0.4, 0.5) is 0 Å². The summed E-state index contributed by atoms with van der Waals surface area (Å²) in [5.74, 6) is 0. The van der Waals surface area contributed by atoms with Crippen LogP contribution in [0, 0.1) is 0 Å². The Kier molecular flexibility index (Phi) is 4.68. The van der Waals surface area contributed by atoms with Gasteiger partial charge in [0.25, 0.3) is 0 Å². The molecule has 2 N–H and O–H groups in total. The molecule has 0 aliphatic carbocycles. The normalized spacial score (nSPS) is 11.1. The van der Waals surface area contributed by atoms with Crippen molar-refractivity contribution in [2.45, 2.75) is 46.2 Å². The molecule has 0 bridgehead atoms. The van der Waals surface area contributed by atoms with Gasteiger partial charge in [-0.05, 0) is 38.8 Å². The summed E-state index contributed by atoms with van der Waals surface area (Å²) >= 11 is 0. The molecule has 19 heavy (non-hydrogen) atoms. The van der Waals surface area contributed by atoms with Gasteiger partial charge in [-0.15, -0.1) is 5.10 Å². The molecule has 0 fully saturated rings. The highest BCUT2D eigenvalue weighted by molar-refractivity contribution is 5.11. The van der Waals surface area contributed by atoms with Gasteiger partial charge in [-0.3, -0.25) is 4.68 Å². The first-order valence-corrected chi connectivity index (χ1v) is 6.91. The molecule has 0 aliphatic heterocycles. The zero-order valence-electron chi connectivity index (χ0n) is 11.7. The lowest BCUT2D eigenvalue weighted by Gasteiger charge is -2.03. The molecule has 0 spiro atoms. The Labute approximate surface area is 113 Å². The summed E-state index contributed by atoms with van der Waals surface area (Å²) in [6.45, 7) is 6.51. The van der Waals surface area contributed by atoms with E-state index >= 15 is 0 Å². The van der Waals surface area contributed by atoms with Crippen LogP contribution in [-0.2, 0) is 25.9 Å². The molecule has 0 atom stereocenters. The molecule has 0 radical (unpaired) electrons. The first-order chi connectivity index (χ1) is 9.26. The van der Waals surface area contributed by atoms with Crippen LogP contribution in [-0.4, -0.2) is 31.3 Å². The van der Waals surface area contributed by atoms with Crippen molar-refractivity contribution >= 4 is 0 Å². The van der Waals surface area contributed by atoms with Gasteiger partial charge in [-0.25, -0.2) is 4.68 Å². The Hall–Kier alpha value is -1.69. The summed E-state index contributed by atoms with van der Waals surface area (Å²) in [5, 5.41) is 12.9. The molecule has 104 valence electrons. The van der Waals surface area contributed by atoms with Gasteiger partial charge in [-0.2, -0.15) is 5.10 Å². The van der Waals surface area contributed by atoms with Crippen molar-refractivity contribution in [3.63, 3.8) is 0 Å². The SMILES string of the molecule is CCc1cc(Cn2cc(CCCN)nn2)n(CC)n1. The lowest BCUT2D eigenvalue weighted by atomic mass is 10.2. The molecule has 0 aromatic carbocycles. The van der Waals surface area contributed by atoms with E-state index in [4.69, 9.17) is 5.73 Å². The van der Waals surface area contributed by atoms with Gasteiger partial charge in [0, 0.05) is 12.7 Å². The van der Waals surface area contributed by atoms with Crippen LogP contribution in [0.25, 0.3) is 0 Å². The smallest absolute Gasteiger partial charge is 0.0846 e. The number of nitrogens with two attached hydrogens (primary N) is 1. The highest BCUT2D eigenvalue weighted by Gasteiger charge is 2.08. The van der Waals surface area contributed by atoms with E-state index in [1.54, 1.807) is 0 Å².